The third kappa shape index (κ3) is 5.20. The largest absolute Gasteiger partial charge is 0.456 e. The van der Waals surface area contributed by atoms with E-state index in [9.17, 15) is 0 Å². The molecule has 0 spiro atoms. The van der Waals surface area contributed by atoms with Gasteiger partial charge in [-0.15, -0.1) is 0 Å². The van der Waals surface area contributed by atoms with Gasteiger partial charge < -0.3 is 14.2 Å². The van der Waals surface area contributed by atoms with Crippen LogP contribution in [0.1, 0.15) is 0 Å². The summed E-state index contributed by atoms with van der Waals surface area (Å²) in [5.41, 5.74) is 15.6. The Kier molecular flexibility index (Phi) is 7.17. The predicted molar refractivity (Wildman–Crippen MR) is 230 cm³/mol. The number of benzene rings is 9. The summed E-state index contributed by atoms with van der Waals surface area (Å²) in [6.07, 6.45) is 0. The normalized spacial score (nSPS) is 12.0. The maximum Gasteiger partial charge on any atom is 0.135 e. The lowest BCUT2D eigenvalue weighted by molar-refractivity contribution is 0.669. The van der Waals surface area contributed by atoms with Crippen molar-refractivity contribution in [2.24, 2.45) is 0 Å². The second-order valence-corrected chi connectivity index (χ2v) is 14.2. The van der Waals surface area contributed by atoms with Crippen molar-refractivity contribution in [3.63, 3.8) is 0 Å². The van der Waals surface area contributed by atoms with Crippen molar-refractivity contribution < 1.29 is 4.42 Å². The lowest BCUT2D eigenvalue weighted by Gasteiger charge is -2.33. The maximum absolute atomic E-state index is 6.54. The Balaban J connectivity index is 1.09. The van der Waals surface area contributed by atoms with E-state index in [1.807, 2.05) is 0 Å². The lowest BCUT2D eigenvalue weighted by Crippen LogP contribution is -2.14. The van der Waals surface area contributed by atoms with Gasteiger partial charge in [0.25, 0.3) is 0 Å². The van der Waals surface area contributed by atoms with Crippen molar-refractivity contribution >= 4 is 66.8 Å². The summed E-state index contributed by atoms with van der Waals surface area (Å²) in [5.74, 6) is 0. The van der Waals surface area contributed by atoms with Crippen molar-refractivity contribution in [3.05, 3.63) is 206 Å². The molecule has 3 nitrogen and oxygen atoms in total. The molecule has 9 aromatic carbocycles. The van der Waals surface area contributed by atoms with E-state index >= 15 is 0 Å². The van der Waals surface area contributed by atoms with E-state index in [1.54, 1.807) is 0 Å². The quantitative estimate of drug-likeness (QED) is 0.172. The maximum atomic E-state index is 6.54. The third-order valence-corrected chi connectivity index (χ3v) is 10.9. The van der Waals surface area contributed by atoms with E-state index in [2.05, 4.69) is 216 Å². The highest BCUT2D eigenvalue weighted by molar-refractivity contribution is 6.15. The molecule has 0 aliphatic carbocycles. The summed E-state index contributed by atoms with van der Waals surface area (Å²) < 4.78 is 6.54. The van der Waals surface area contributed by atoms with Gasteiger partial charge in [-0.2, -0.15) is 0 Å². The number of anilines is 6. The molecule has 1 aliphatic rings. The minimum Gasteiger partial charge on any atom is -0.456 e. The summed E-state index contributed by atoms with van der Waals surface area (Å²) >= 11 is 0. The smallest absolute Gasteiger partial charge is 0.135 e. The molecule has 2 heterocycles. The first-order valence-electron chi connectivity index (χ1n) is 18.8. The zero-order valence-electron chi connectivity index (χ0n) is 29.9. The first-order chi connectivity index (χ1) is 27.3. The monoisotopic (exact) mass is 702 g/mol. The molecule has 0 fully saturated rings. The van der Waals surface area contributed by atoms with Gasteiger partial charge in [0.15, 0.2) is 0 Å². The zero-order chi connectivity index (χ0) is 36.3. The van der Waals surface area contributed by atoms with Crippen molar-refractivity contribution in [3.8, 4) is 33.4 Å². The van der Waals surface area contributed by atoms with Crippen molar-refractivity contribution in [2.75, 3.05) is 9.80 Å². The number of furan rings is 1. The fraction of sp³-hybridized carbons (Fsp3) is 0. The second kappa shape index (κ2) is 12.6. The van der Waals surface area contributed by atoms with E-state index in [4.69, 9.17) is 4.42 Å². The molecule has 0 saturated carbocycles. The van der Waals surface area contributed by atoms with Crippen molar-refractivity contribution in [2.45, 2.75) is 0 Å². The molecule has 0 radical (unpaired) electrons. The van der Waals surface area contributed by atoms with Crippen LogP contribution in [0.2, 0.25) is 0 Å². The highest BCUT2D eigenvalue weighted by Crippen LogP contribution is 2.51. The molecular weight excluding hydrogens is 669 g/mol. The third-order valence-electron chi connectivity index (χ3n) is 10.9. The Hall–Kier alpha value is -7.36. The van der Waals surface area contributed by atoms with Crippen LogP contribution in [0.25, 0.3) is 66.1 Å². The Labute approximate surface area is 319 Å². The van der Waals surface area contributed by atoms with Crippen LogP contribution in [0.3, 0.4) is 0 Å². The Morgan fingerprint density at radius 2 is 0.891 bits per heavy atom. The van der Waals surface area contributed by atoms with Crippen LogP contribution in [-0.2, 0) is 0 Å². The van der Waals surface area contributed by atoms with Gasteiger partial charge in [0.1, 0.15) is 11.2 Å². The number of nitrogens with zero attached hydrogens (tertiary/aromatic N) is 2. The van der Waals surface area contributed by atoms with Crippen LogP contribution in [0, 0.1) is 0 Å². The molecule has 55 heavy (non-hydrogen) atoms. The molecule has 0 saturated heterocycles. The molecule has 0 amide bonds. The molecule has 1 aliphatic heterocycles. The van der Waals surface area contributed by atoms with Crippen LogP contribution < -0.4 is 9.80 Å². The minimum atomic E-state index is 0.860. The first-order valence-corrected chi connectivity index (χ1v) is 18.8. The van der Waals surface area contributed by atoms with Crippen LogP contribution in [0.4, 0.5) is 34.1 Å². The molecule has 0 atom stereocenters. The van der Waals surface area contributed by atoms with Gasteiger partial charge in [-0.25, -0.2) is 0 Å². The van der Waals surface area contributed by atoms with E-state index in [1.165, 1.54) is 55.5 Å². The lowest BCUT2D eigenvalue weighted by atomic mass is 9.91. The zero-order valence-corrected chi connectivity index (χ0v) is 29.9. The fourth-order valence-corrected chi connectivity index (χ4v) is 8.43. The van der Waals surface area contributed by atoms with Gasteiger partial charge in [-0.1, -0.05) is 133 Å². The standard InChI is InChI=1S/C52H34N2O/c1-3-13-35(14-4-1)38-19-9-21-40(31-38)53(41-22-10-20-39(32-41)36-15-5-2-6-16-36)42-27-29-50-46(33-42)47-34-43(28-30-51(47)55-50)54-48-25-8-7-23-44(48)45-24-11-17-37-18-12-26-49(54)52(37)45/h1-34H. The topological polar surface area (TPSA) is 19.6 Å². The summed E-state index contributed by atoms with van der Waals surface area (Å²) in [6, 6.07) is 73.9. The van der Waals surface area contributed by atoms with Crippen molar-refractivity contribution in [1.82, 2.24) is 0 Å². The number of para-hydroxylation sites is 1. The van der Waals surface area contributed by atoms with Gasteiger partial charge >= 0.3 is 0 Å². The molecule has 258 valence electrons. The fourth-order valence-electron chi connectivity index (χ4n) is 8.43. The van der Waals surface area contributed by atoms with Crippen molar-refractivity contribution in [1.29, 1.82) is 0 Å². The van der Waals surface area contributed by atoms with Gasteiger partial charge in [0.05, 0.1) is 11.4 Å². The van der Waals surface area contributed by atoms with E-state index < -0.39 is 0 Å². The summed E-state index contributed by atoms with van der Waals surface area (Å²) in [6.45, 7) is 0. The molecule has 1 aromatic heterocycles. The summed E-state index contributed by atoms with van der Waals surface area (Å²) in [5, 5.41) is 4.66. The molecule has 0 N–H and O–H groups in total. The number of hydrogen-bond acceptors (Lipinski definition) is 3. The average Bonchev–Trinajstić information content (AvgIpc) is 3.62. The molecule has 0 unspecified atom stereocenters. The van der Waals surface area contributed by atoms with E-state index in [0.717, 1.165) is 44.7 Å². The second-order valence-electron chi connectivity index (χ2n) is 14.2. The van der Waals surface area contributed by atoms with Gasteiger partial charge in [-0.05, 0) is 106 Å². The van der Waals surface area contributed by atoms with E-state index in [0.29, 0.717) is 0 Å². The molecule has 0 bridgehead atoms. The predicted octanol–water partition coefficient (Wildman–Crippen LogP) is 15.0. The first kappa shape index (κ1) is 31.2. The Morgan fingerprint density at radius 1 is 0.364 bits per heavy atom. The molecular formula is C52H34N2O. The van der Waals surface area contributed by atoms with Crippen LogP contribution in [0.5, 0.6) is 0 Å². The highest BCUT2D eigenvalue weighted by atomic mass is 16.3. The molecule has 3 heteroatoms. The Bertz CT molecular complexity index is 2970. The van der Waals surface area contributed by atoms with Gasteiger partial charge in [0.2, 0.25) is 0 Å². The highest BCUT2D eigenvalue weighted by Gasteiger charge is 2.26. The summed E-state index contributed by atoms with van der Waals surface area (Å²) in [4.78, 5) is 4.77. The van der Waals surface area contributed by atoms with E-state index in [-0.39, 0.29) is 0 Å². The van der Waals surface area contributed by atoms with Crippen LogP contribution >= 0.6 is 0 Å². The molecule has 11 rings (SSSR count). The number of hydrogen-bond donors (Lipinski definition) is 0. The van der Waals surface area contributed by atoms with Gasteiger partial charge in [0, 0.05) is 44.5 Å². The SMILES string of the molecule is c1ccc(-c2cccc(N(c3cccc(-c4ccccc4)c3)c3ccc4oc5ccc(N6c7ccccc7-c7cccc8cccc6c78)cc5c4c3)c2)cc1. The number of fused-ring (bicyclic) bond motifs is 5. The van der Waals surface area contributed by atoms with Gasteiger partial charge in [-0.3, -0.25) is 0 Å². The molecule has 10 aromatic rings. The van der Waals surface area contributed by atoms with Crippen LogP contribution in [0.15, 0.2) is 211 Å². The Morgan fingerprint density at radius 3 is 1.60 bits per heavy atom. The number of rotatable bonds is 6. The average molecular weight is 703 g/mol. The summed E-state index contributed by atoms with van der Waals surface area (Å²) in [7, 11) is 0. The minimum absolute atomic E-state index is 0.860. The van der Waals surface area contributed by atoms with Crippen LogP contribution in [-0.4, -0.2) is 0 Å².